The molecule has 1 amide bonds. The molecule has 1 aromatic heterocycles. The molecule has 0 aliphatic heterocycles. The molecule has 0 radical (unpaired) electrons. The van der Waals surface area contributed by atoms with E-state index in [0.29, 0.717) is 18.4 Å². The Labute approximate surface area is 191 Å². The second kappa shape index (κ2) is 9.75. The van der Waals surface area contributed by atoms with Gasteiger partial charge in [0, 0.05) is 23.2 Å². The average molecular weight is 457 g/mol. The molecule has 1 N–H and O–H groups in total. The van der Waals surface area contributed by atoms with Gasteiger partial charge in [-0.3, -0.25) is 4.79 Å². The smallest absolute Gasteiger partial charge is 0.234 e. The predicted octanol–water partition coefficient (Wildman–Crippen LogP) is 5.35. The van der Waals surface area contributed by atoms with Crippen molar-refractivity contribution in [3.8, 4) is 5.75 Å². The highest BCUT2D eigenvalue weighted by atomic mass is 35.5. The van der Waals surface area contributed by atoms with E-state index in [1.165, 1.54) is 17.3 Å². The number of hydrogen-bond acceptors (Lipinski definition) is 5. The minimum absolute atomic E-state index is 0.0770. The summed E-state index contributed by atoms with van der Waals surface area (Å²) in [7, 11) is 0. The molecule has 3 aromatic rings. The first-order valence-electron chi connectivity index (χ1n) is 10.4. The van der Waals surface area contributed by atoms with Crippen molar-refractivity contribution in [1.82, 2.24) is 14.8 Å². The summed E-state index contributed by atoms with van der Waals surface area (Å²) in [5, 5.41) is 13.3. The number of thioether (sulfide) groups is 1. The van der Waals surface area contributed by atoms with Gasteiger partial charge in [-0.2, -0.15) is 0 Å². The number of carbonyl (C=O) groups excluding carboxylic acids is 1. The van der Waals surface area contributed by atoms with E-state index in [2.05, 4.69) is 39.1 Å². The van der Waals surface area contributed by atoms with Gasteiger partial charge in [-0.1, -0.05) is 35.5 Å². The molecule has 0 saturated heterocycles. The van der Waals surface area contributed by atoms with Crippen LogP contribution in [-0.4, -0.2) is 33.0 Å². The number of amides is 1. The molecular weight excluding hydrogens is 432 g/mol. The quantitative estimate of drug-likeness (QED) is 0.439. The first-order valence-corrected chi connectivity index (χ1v) is 11.8. The zero-order valence-electron chi connectivity index (χ0n) is 17.5. The van der Waals surface area contributed by atoms with Crippen LogP contribution in [0.3, 0.4) is 0 Å². The number of carbonyl (C=O) groups is 1. The summed E-state index contributed by atoms with van der Waals surface area (Å²) in [4.78, 5) is 12.4. The molecule has 0 unspecified atom stereocenters. The highest BCUT2D eigenvalue weighted by molar-refractivity contribution is 7.99. The normalized spacial score (nSPS) is 17.4. The third-order valence-electron chi connectivity index (χ3n) is 5.26. The molecule has 1 aliphatic rings. The fraction of sp³-hybridized carbons (Fsp3) is 0.348. The number of rotatable bonds is 9. The summed E-state index contributed by atoms with van der Waals surface area (Å²) in [5.41, 5.74) is 2.03. The maximum atomic E-state index is 12.4. The summed E-state index contributed by atoms with van der Waals surface area (Å²) in [6.07, 6.45) is 1.06. The van der Waals surface area contributed by atoms with E-state index >= 15 is 0 Å². The molecular formula is C23H25ClN4O2S. The maximum absolute atomic E-state index is 12.4. The Morgan fingerprint density at radius 1 is 1.13 bits per heavy atom. The van der Waals surface area contributed by atoms with Gasteiger partial charge in [0.25, 0.3) is 0 Å². The van der Waals surface area contributed by atoms with Crippen LogP contribution in [0.1, 0.15) is 43.5 Å². The summed E-state index contributed by atoms with van der Waals surface area (Å²) in [5.74, 6) is 2.80. The van der Waals surface area contributed by atoms with Crippen LogP contribution in [0.4, 0.5) is 5.69 Å². The lowest BCUT2D eigenvalue weighted by atomic mass is 10.1. The van der Waals surface area contributed by atoms with Gasteiger partial charge in [-0.25, -0.2) is 0 Å². The van der Waals surface area contributed by atoms with Crippen LogP contribution in [0.5, 0.6) is 5.75 Å². The largest absolute Gasteiger partial charge is 0.494 e. The number of benzene rings is 2. The van der Waals surface area contributed by atoms with E-state index in [1.54, 1.807) is 0 Å². The maximum Gasteiger partial charge on any atom is 0.234 e. The van der Waals surface area contributed by atoms with Gasteiger partial charge in [0.2, 0.25) is 5.91 Å². The molecule has 1 fully saturated rings. The van der Waals surface area contributed by atoms with Crippen molar-refractivity contribution in [3.63, 3.8) is 0 Å². The van der Waals surface area contributed by atoms with Crippen LogP contribution in [-0.2, 0) is 11.3 Å². The minimum atomic E-state index is -0.0770. The summed E-state index contributed by atoms with van der Waals surface area (Å²) in [6, 6.07) is 15.4. The Morgan fingerprint density at radius 3 is 2.55 bits per heavy atom. The molecule has 0 spiro atoms. The van der Waals surface area contributed by atoms with Gasteiger partial charge in [0.15, 0.2) is 5.16 Å². The fourth-order valence-corrected chi connectivity index (χ4v) is 4.60. The van der Waals surface area contributed by atoms with Crippen molar-refractivity contribution in [2.45, 2.75) is 43.8 Å². The standard InChI is InChI=1S/C23H25ClN4O2S/c1-3-28-22(20-13-19(20)15-5-7-16(24)8-6-15)26-27-23(28)31-14-21(29)25-17-9-11-18(12-10-17)30-4-2/h5-12,19-20H,3-4,13-14H2,1-2H3,(H,25,29)/t19-,20+/m0/s1. The van der Waals surface area contributed by atoms with Gasteiger partial charge in [0.05, 0.1) is 12.4 Å². The Morgan fingerprint density at radius 2 is 1.87 bits per heavy atom. The zero-order valence-corrected chi connectivity index (χ0v) is 19.1. The molecule has 1 aliphatic carbocycles. The molecule has 1 saturated carbocycles. The molecule has 4 rings (SSSR count). The lowest BCUT2D eigenvalue weighted by Gasteiger charge is -2.08. The van der Waals surface area contributed by atoms with E-state index in [-0.39, 0.29) is 11.7 Å². The number of halogens is 1. The van der Waals surface area contributed by atoms with E-state index in [0.717, 1.165) is 40.4 Å². The van der Waals surface area contributed by atoms with E-state index in [9.17, 15) is 4.79 Å². The van der Waals surface area contributed by atoms with Crippen molar-refractivity contribution < 1.29 is 9.53 Å². The van der Waals surface area contributed by atoms with Gasteiger partial charge < -0.3 is 14.6 Å². The first kappa shape index (κ1) is 21.7. The van der Waals surface area contributed by atoms with Gasteiger partial charge in [0.1, 0.15) is 11.6 Å². The molecule has 162 valence electrons. The highest BCUT2D eigenvalue weighted by Gasteiger charge is 2.43. The Balaban J connectivity index is 1.35. The molecule has 0 bridgehead atoms. The second-order valence-electron chi connectivity index (χ2n) is 7.38. The summed E-state index contributed by atoms with van der Waals surface area (Å²) >= 11 is 7.42. The van der Waals surface area contributed by atoms with Crippen molar-refractivity contribution >= 4 is 35.0 Å². The highest BCUT2D eigenvalue weighted by Crippen LogP contribution is 2.54. The first-order chi connectivity index (χ1) is 15.1. The van der Waals surface area contributed by atoms with Crippen LogP contribution in [0, 0.1) is 0 Å². The van der Waals surface area contributed by atoms with Gasteiger partial charge in [-0.15, -0.1) is 10.2 Å². The minimum Gasteiger partial charge on any atom is -0.494 e. The molecule has 31 heavy (non-hydrogen) atoms. The van der Waals surface area contributed by atoms with Gasteiger partial charge in [-0.05, 0) is 68.1 Å². The number of nitrogens with zero attached hydrogens (tertiary/aromatic N) is 3. The number of nitrogens with one attached hydrogen (secondary N) is 1. The third-order valence-corrected chi connectivity index (χ3v) is 6.48. The SMILES string of the molecule is CCOc1ccc(NC(=O)CSc2nnc([C@@H]3C[C@H]3c3ccc(Cl)cc3)n2CC)cc1. The van der Waals surface area contributed by atoms with Crippen molar-refractivity contribution in [3.05, 3.63) is 64.9 Å². The lowest BCUT2D eigenvalue weighted by Crippen LogP contribution is -2.14. The Bertz CT molecular complexity index is 1040. The van der Waals surface area contributed by atoms with Gasteiger partial charge >= 0.3 is 0 Å². The Kier molecular flexibility index (Phi) is 6.83. The third kappa shape index (κ3) is 5.22. The van der Waals surface area contributed by atoms with Crippen LogP contribution in [0.25, 0.3) is 0 Å². The number of ether oxygens (including phenoxy) is 1. The van der Waals surface area contributed by atoms with Crippen LogP contribution in [0.2, 0.25) is 5.02 Å². The Hall–Kier alpha value is -2.51. The average Bonchev–Trinajstić information content (AvgIpc) is 3.46. The topological polar surface area (TPSA) is 69.0 Å². The van der Waals surface area contributed by atoms with Crippen molar-refractivity contribution in [2.75, 3.05) is 17.7 Å². The molecule has 8 heteroatoms. The number of hydrogen-bond donors (Lipinski definition) is 1. The van der Waals surface area contributed by atoms with Crippen LogP contribution >= 0.6 is 23.4 Å². The second-order valence-corrected chi connectivity index (χ2v) is 8.76. The van der Waals surface area contributed by atoms with Crippen molar-refractivity contribution in [1.29, 1.82) is 0 Å². The summed E-state index contributed by atoms with van der Waals surface area (Å²) < 4.78 is 7.54. The van der Waals surface area contributed by atoms with Crippen LogP contribution in [0.15, 0.2) is 53.7 Å². The monoisotopic (exact) mass is 456 g/mol. The van der Waals surface area contributed by atoms with Crippen LogP contribution < -0.4 is 10.1 Å². The molecule has 6 nitrogen and oxygen atoms in total. The zero-order chi connectivity index (χ0) is 21.8. The van der Waals surface area contributed by atoms with E-state index in [1.807, 2.05) is 43.3 Å². The number of anilines is 1. The molecule has 1 heterocycles. The molecule has 2 atom stereocenters. The van der Waals surface area contributed by atoms with Crippen molar-refractivity contribution in [2.24, 2.45) is 0 Å². The van der Waals surface area contributed by atoms with E-state index in [4.69, 9.17) is 16.3 Å². The van der Waals surface area contributed by atoms with E-state index < -0.39 is 0 Å². The number of aromatic nitrogens is 3. The predicted molar refractivity (Wildman–Crippen MR) is 124 cm³/mol. The summed E-state index contributed by atoms with van der Waals surface area (Å²) in [6.45, 7) is 5.41. The fourth-order valence-electron chi connectivity index (χ4n) is 3.67. The molecule has 2 aromatic carbocycles. The lowest BCUT2D eigenvalue weighted by molar-refractivity contribution is -0.113.